The van der Waals surface area contributed by atoms with E-state index in [4.69, 9.17) is 0 Å². The van der Waals surface area contributed by atoms with E-state index in [9.17, 15) is 17.6 Å². The van der Waals surface area contributed by atoms with Crippen molar-refractivity contribution in [3.8, 4) is 0 Å². The summed E-state index contributed by atoms with van der Waals surface area (Å²) in [7, 11) is -3.76. The fraction of sp³-hybridized carbons (Fsp3) is 0.312. The van der Waals surface area contributed by atoms with E-state index < -0.39 is 15.8 Å². The van der Waals surface area contributed by atoms with Crippen LogP contribution in [0.2, 0.25) is 0 Å². The first-order valence-electron chi connectivity index (χ1n) is 7.90. The van der Waals surface area contributed by atoms with Gasteiger partial charge in [0.1, 0.15) is 5.82 Å². The molecule has 0 bridgehead atoms. The molecule has 26 heavy (non-hydrogen) atoms. The zero-order chi connectivity index (χ0) is 18.6. The number of halogens is 1. The molecule has 1 aliphatic rings. The molecule has 1 aliphatic heterocycles. The van der Waals surface area contributed by atoms with E-state index in [0.29, 0.717) is 18.2 Å². The Morgan fingerprint density at radius 1 is 1.12 bits per heavy atom. The number of rotatable bonds is 5. The minimum atomic E-state index is -3.76. The van der Waals surface area contributed by atoms with Gasteiger partial charge in [0.15, 0.2) is 5.16 Å². The summed E-state index contributed by atoms with van der Waals surface area (Å²) in [6.45, 7) is 0.946. The van der Waals surface area contributed by atoms with E-state index in [2.05, 4.69) is 9.97 Å². The smallest absolute Gasteiger partial charge is 0.243 e. The van der Waals surface area contributed by atoms with Crippen molar-refractivity contribution < 1.29 is 17.6 Å². The number of benzene rings is 1. The molecule has 1 amide bonds. The maximum absolute atomic E-state index is 13.3. The summed E-state index contributed by atoms with van der Waals surface area (Å²) in [6.07, 6.45) is 3.21. The Balaban J connectivity index is 1.56. The molecule has 1 aromatic carbocycles. The quantitative estimate of drug-likeness (QED) is 0.559. The number of sulfonamides is 1. The molecule has 2 heterocycles. The van der Waals surface area contributed by atoms with Crippen molar-refractivity contribution in [2.75, 3.05) is 31.9 Å². The van der Waals surface area contributed by atoms with Crippen LogP contribution in [0, 0.1) is 5.82 Å². The van der Waals surface area contributed by atoms with Gasteiger partial charge in [-0.1, -0.05) is 17.8 Å². The Morgan fingerprint density at radius 2 is 1.81 bits per heavy atom. The topological polar surface area (TPSA) is 83.5 Å². The van der Waals surface area contributed by atoms with E-state index in [-0.39, 0.29) is 29.6 Å². The van der Waals surface area contributed by atoms with Crippen molar-refractivity contribution in [1.29, 1.82) is 0 Å². The van der Waals surface area contributed by atoms with Gasteiger partial charge in [-0.15, -0.1) is 0 Å². The molecule has 0 aliphatic carbocycles. The molecule has 10 heteroatoms. The number of hydrogen-bond acceptors (Lipinski definition) is 6. The summed E-state index contributed by atoms with van der Waals surface area (Å²) in [5, 5.41) is 0.521. The Labute approximate surface area is 155 Å². The lowest BCUT2D eigenvalue weighted by Gasteiger charge is -2.34. The Hall–Kier alpha value is -2.04. The highest BCUT2D eigenvalue weighted by Crippen LogP contribution is 2.19. The molecule has 1 saturated heterocycles. The number of piperazine rings is 1. The predicted octanol–water partition coefficient (Wildman–Crippen LogP) is 1.24. The van der Waals surface area contributed by atoms with Crippen molar-refractivity contribution in [3.63, 3.8) is 0 Å². The maximum Gasteiger partial charge on any atom is 0.243 e. The summed E-state index contributed by atoms with van der Waals surface area (Å²) in [5.41, 5.74) is 0. The van der Waals surface area contributed by atoms with Gasteiger partial charge in [-0.05, 0) is 24.3 Å². The number of thioether (sulfide) groups is 1. The van der Waals surface area contributed by atoms with Crippen molar-refractivity contribution in [3.05, 3.63) is 48.5 Å². The molecule has 0 spiro atoms. The first-order chi connectivity index (χ1) is 12.5. The monoisotopic (exact) mass is 396 g/mol. The molecular weight excluding hydrogens is 379 g/mol. The fourth-order valence-electron chi connectivity index (χ4n) is 2.53. The van der Waals surface area contributed by atoms with E-state index >= 15 is 0 Å². The predicted molar refractivity (Wildman–Crippen MR) is 94.5 cm³/mol. The van der Waals surface area contributed by atoms with E-state index in [1.54, 1.807) is 23.4 Å². The van der Waals surface area contributed by atoms with Crippen molar-refractivity contribution in [1.82, 2.24) is 19.2 Å². The van der Waals surface area contributed by atoms with Crippen molar-refractivity contribution in [2.45, 2.75) is 10.1 Å². The molecule has 138 valence electrons. The summed E-state index contributed by atoms with van der Waals surface area (Å²) in [5.74, 6) is -0.494. The minimum absolute atomic E-state index is 0.0749. The van der Waals surface area contributed by atoms with Gasteiger partial charge in [0.25, 0.3) is 0 Å². The molecule has 1 aromatic heterocycles. The minimum Gasteiger partial charge on any atom is -0.339 e. The van der Waals surface area contributed by atoms with Crippen LogP contribution in [0.4, 0.5) is 4.39 Å². The highest BCUT2D eigenvalue weighted by Gasteiger charge is 2.30. The van der Waals surface area contributed by atoms with Crippen LogP contribution in [0.25, 0.3) is 0 Å². The third-order valence-electron chi connectivity index (χ3n) is 3.89. The average Bonchev–Trinajstić information content (AvgIpc) is 2.67. The Morgan fingerprint density at radius 3 is 2.46 bits per heavy atom. The molecule has 7 nitrogen and oxygen atoms in total. The van der Waals surface area contributed by atoms with Gasteiger partial charge < -0.3 is 4.90 Å². The Kier molecular flexibility index (Phi) is 5.84. The zero-order valence-corrected chi connectivity index (χ0v) is 15.4. The summed E-state index contributed by atoms with van der Waals surface area (Å²) < 4.78 is 39.7. The van der Waals surface area contributed by atoms with E-state index in [1.807, 2.05) is 0 Å². The molecule has 0 N–H and O–H groups in total. The second kappa shape index (κ2) is 8.11. The molecule has 0 atom stereocenters. The second-order valence-electron chi connectivity index (χ2n) is 5.56. The second-order valence-corrected chi connectivity index (χ2v) is 8.44. The van der Waals surface area contributed by atoms with Crippen LogP contribution >= 0.6 is 11.8 Å². The molecule has 2 aromatic rings. The number of carbonyl (C=O) groups excluding carboxylic acids is 1. The number of carbonyl (C=O) groups is 1. The van der Waals surface area contributed by atoms with E-state index in [1.165, 1.54) is 34.3 Å². The first-order valence-corrected chi connectivity index (χ1v) is 10.3. The van der Waals surface area contributed by atoms with Crippen LogP contribution in [0.15, 0.2) is 52.8 Å². The molecular formula is C16H17FN4O3S2. The SMILES string of the molecule is O=C(CSc1ncccn1)N1CCN(S(=O)(=O)c2cccc(F)c2)CC1. The van der Waals surface area contributed by atoms with Crippen LogP contribution < -0.4 is 0 Å². The number of amides is 1. The van der Waals surface area contributed by atoms with Gasteiger partial charge in [-0.3, -0.25) is 4.79 Å². The third kappa shape index (κ3) is 4.37. The fourth-order valence-corrected chi connectivity index (χ4v) is 4.69. The highest BCUT2D eigenvalue weighted by molar-refractivity contribution is 7.99. The molecule has 1 fully saturated rings. The highest BCUT2D eigenvalue weighted by atomic mass is 32.2. The summed E-state index contributed by atoms with van der Waals surface area (Å²) in [4.78, 5) is 21.9. The lowest BCUT2D eigenvalue weighted by atomic mass is 10.3. The van der Waals surface area contributed by atoms with Crippen LogP contribution in [-0.2, 0) is 14.8 Å². The number of hydrogen-bond donors (Lipinski definition) is 0. The number of nitrogens with zero attached hydrogens (tertiary/aromatic N) is 4. The van der Waals surface area contributed by atoms with Crippen LogP contribution in [-0.4, -0.2) is 65.4 Å². The van der Waals surface area contributed by atoms with Gasteiger partial charge in [-0.25, -0.2) is 22.8 Å². The van der Waals surface area contributed by atoms with E-state index in [0.717, 1.165) is 6.07 Å². The van der Waals surface area contributed by atoms with Gasteiger partial charge >= 0.3 is 0 Å². The van der Waals surface area contributed by atoms with Crippen LogP contribution in [0.1, 0.15) is 0 Å². The Bertz CT molecular complexity index is 872. The largest absolute Gasteiger partial charge is 0.339 e. The van der Waals surface area contributed by atoms with Gasteiger partial charge in [0.05, 0.1) is 10.6 Å². The lowest BCUT2D eigenvalue weighted by molar-refractivity contribution is -0.129. The molecule has 3 rings (SSSR count). The lowest BCUT2D eigenvalue weighted by Crippen LogP contribution is -2.51. The maximum atomic E-state index is 13.3. The van der Waals surface area contributed by atoms with Gasteiger partial charge in [-0.2, -0.15) is 4.31 Å². The normalized spacial score (nSPS) is 15.8. The molecule has 0 unspecified atom stereocenters. The molecule has 0 saturated carbocycles. The van der Waals surface area contributed by atoms with Gasteiger partial charge in [0.2, 0.25) is 15.9 Å². The third-order valence-corrected chi connectivity index (χ3v) is 6.65. The van der Waals surface area contributed by atoms with Gasteiger partial charge in [0, 0.05) is 38.6 Å². The summed E-state index contributed by atoms with van der Waals surface area (Å²) >= 11 is 1.24. The standard InChI is InChI=1S/C16H17FN4O3S2/c17-13-3-1-4-14(11-13)26(23,24)21-9-7-20(8-10-21)15(22)12-25-16-18-5-2-6-19-16/h1-6,11H,7-10,12H2. The first kappa shape index (κ1) is 18.7. The zero-order valence-electron chi connectivity index (χ0n) is 13.8. The summed E-state index contributed by atoms with van der Waals surface area (Å²) in [6, 6.07) is 6.63. The number of aromatic nitrogens is 2. The van der Waals surface area contributed by atoms with Crippen molar-refractivity contribution in [2.24, 2.45) is 0 Å². The molecule has 0 radical (unpaired) electrons. The average molecular weight is 396 g/mol. The van der Waals surface area contributed by atoms with Crippen molar-refractivity contribution >= 4 is 27.7 Å². The van der Waals surface area contributed by atoms with Crippen LogP contribution in [0.3, 0.4) is 0 Å². The van der Waals surface area contributed by atoms with Crippen LogP contribution in [0.5, 0.6) is 0 Å².